The first-order valence-corrected chi connectivity index (χ1v) is 7.69. The van der Waals surface area contributed by atoms with Crippen LogP contribution >= 0.6 is 0 Å². The van der Waals surface area contributed by atoms with Gasteiger partial charge in [-0.05, 0) is 50.1 Å². The average molecular weight is 260 g/mol. The van der Waals surface area contributed by atoms with E-state index >= 15 is 0 Å². The highest BCUT2D eigenvalue weighted by Crippen LogP contribution is 2.26. The molecule has 0 amide bonds. The number of nitrogens with zero attached hydrogens (tertiary/aromatic N) is 1. The van der Waals surface area contributed by atoms with E-state index in [1.807, 2.05) is 7.05 Å². The van der Waals surface area contributed by atoms with Gasteiger partial charge in [0.1, 0.15) is 0 Å². The summed E-state index contributed by atoms with van der Waals surface area (Å²) in [6, 6.07) is 7.63. The van der Waals surface area contributed by atoms with Crippen LogP contribution in [0.1, 0.15) is 49.7 Å². The zero-order valence-electron chi connectivity index (χ0n) is 12.7. The highest BCUT2D eigenvalue weighted by molar-refractivity contribution is 5.51. The van der Waals surface area contributed by atoms with E-state index in [9.17, 15) is 0 Å². The summed E-state index contributed by atoms with van der Waals surface area (Å²) in [5.74, 6) is 0. The molecule has 0 aliphatic heterocycles. The van der Waals surface area contributed by atoms with E-state index in [4.69, 9.17) is 0 Å². The normalized spacial score (nSPS) is 17.2. The van der Waals surface area contributed by atoms with E-state index in [0.717, 1.165) is 12.6 Å². The molecule has 0 radical (unpaired) electrons. The van der Waals surface area contributed by atoms with Gasteiger partial charge in [0.25, 0.3) is 0 Å². The first-order valence-electron chi connectivity index (χ1n) is 7.69. The highest BCUT2D eigenvalue weighted by atomic mass is 15.1. The number of hydrogen-bond acceptors (Lipinski definition) is 2. The molecule has 2 heteroatoms. The molecule has 0 unspecified atom stereocenters. The number of aryl methyl sites for hydroxylation is 1. The fourth-order valence-corrected chi connectivity index (χ4v) is 3.14. The van der Waals surface area contributed by atoms with Crippen molar-refractivity contribution in [2.45, 2.75) is 58.0 Å². The minimum absolute atomic E-state index is 0.733. The quantitative estimate of drug-likeness (QED) is 0.827. The van der Waals surface area contributed by atoms with Crippen LogP contribution in [-0.4, -0.2) is 20.1 Å². The molecule has 106 valence electrons. The summed E-state index contributed by atoms with van der Waals surface area (Å²) in [4.78, 5) is 2.50. The molecule has 0 saturated heterocycles. The third-order valence-electron chi connectivity index (χ3n) is 4.47. The molecule has 0 heterocycles. The van der Waals surface area contributed by atoms with Gasteiger partial charge in [0, 0.05) is 25.3 Å². The predicted molar refractivity (Wildman–Crippen MR) is 83.8 cm³/mol. The van der Waals surface area contributed by atoms with Gasteiger partial charge in [-0.15, -0.1) is 0 Å². The van der Waals surface area contributed by atoms with Crippen LogP contribution < -0.4 is 10.2 Å². The number of rotatable bonds is 4. The molecule has 1 N–H and O–H groups in total. The molecule has 1 aromatic rings. The summed E-state index contributed by atoms with van der Waals surface area (Å²) < 4.78 is 0. The van der Waals surface area contributed by atoms with Crippen molar-refractivity contribution >= 4 is 5.69 Å². The SMILES string of the molecule is CNCc1ccc(N(C)C2CCCCCC2)cc1C. The summed E-state index contributed by atoms with van der Waals surface area (Å²) in [6.45, 7) is 3.18. The first kappa shape index (κ1) is 14.4. The van der Waals surface area contributed by atoms with E-state index in [0.29, 0.717) is 0 Å². The molecular formula is C17H28N2. The summed E-state index contributed by atoms with van der Waals surface area (Å²) in [6.07, 6.45) is 8.34. The van der Waals surface area contributed by atoms with Crippen molar-refractivity contribution in [1.29, 1.82) is 0 Å². The van der Waals surface area contributed by atoms with Crippen LogP contribution in [0.4, 0.5) is 5.69 Å². The third-order valence-corrected chi connectivity index (χ3v) is 4.47. The molecule has 0 spiro atoms. The molecule has 2 nitrogen and oxygen atoms in total. The van der Waals surface area contributed by atoms with E-state index in [-0.39, 0.29) is 0 Å². The van der Waals surface area contributed by atoms with E-state index in [1.54, 1.807) is 0 Å². The predicted octanol–water partition coefficient (Wildman–Crippen LogP) is 3.87. The van der Waals surface area contributed by atoms with Gasteiger partial charge in [0.05, 0.1) is 0 Å². The average Bonchev–Trinajstić information content (AvgIpc) is 2.69. The summed E-state index contributed by atoms with van der Waals surface area (Å²) >= 11 is 0. The van der Waals surface area contributed by atoms with Gasteiger partial charge in [-0.2, -0.15) is 0 Å². The molecule has 19 heavy (non-hydrogen) atoms. The highest BCUT2D eigenvalue weighted by Gasteiger charge is 2.17. The molecule has 2 rings (SSSR count). The van der Waals surface area contributed by atoms with Gasteiger partial charge in [0.2, 0.25) is 0 Å². The van der Waals surface area contributed by atoms with Crippen molar-refractivity contribution in [1.82, 2.24) is 5.32 Å². The number of hydrogen-bond donors (Lipinski definition) is 1. The summed E-state index contributed by atoms with van der Waals surface area (Å²) in [7, 11) is 4.27. The topological polar surface area (TPSA) is 15.3 Å². The Morgan fingerprint density at radius 2 is 1.84 bits per heavy atom. The maximum absolute atomic E-state index is 3.23. The standard InChI is InChI=1S/C17H28N2/c1-14-12-17(11-10-15(14)13-18-2)19(3)16-8-6-4-5-7-9-16/h10-12,16,18H,4-9,13H2,1-3H3. The maximum Gasteiger partial charge on any atom is 0.0368 e. The van der Waals surface area contributed by atoms with Crippen molar-refractivity contribution in [3.05, 3.63) is 29.3 Å². The van der Waals surface area contributed by atoms with Crippen LogP contribution in [0.15, 0.2) is 18.2 Å². The number of nitrogens with one attached hydrogen (secondary N) is 1. The Hall–Kier alpha value is -1.02. The van der Waals surface area contributed by atoms with E-state index in [1.165, 1.54) is 55.3 Å². The lowest BCUT2D eigenvalue weighted by atomic mass is 10.0. The Labute approximate surface area is 118 Å². The van der Waals surface area contributed by atoms with Crippen LogP contribution in [0.3, 0.4) is 0 Å². The molecule has 1 aliphatic rings. The molecule has 1 aromatic carbocycles. The van der Waals surface area contributed by atoms with Crippen LogP contribution in [0, 0.1) is 6.92 Å². The zero-order chi connectivity index (χ0) is 13.7. The maximum atomic E-state index is 3.23. The van der Waals surface area contributed by atoms with Crippen LogP contribution in [0.25, 0.3) is 0 Å². The lowest BCUT2D eigenvalue weighted by Gasteiger charge is -2.30. The zero-order valence-corrected chi connectivity index (χ0v) is 12.7. The van der Waals surface area contributed by atoms with Crippen LogP contribution in [-0.2, 0) is 6.54 Å². The monoisotopic (exact) mass is 260 g/mol. The Morgan fingerprint density at radius 3 is 2.42 bits per heavy atom. The number of benzene rings is 1. The van der Waals surface area contributed by atoms with Crippen molar-refractivity contribution in [2.75, 3.05) is 19.0 Å². The fourth-order valence-electron chi connectivity index (χ4n) is 3.14. The van der Waals surface area contributed by atoms with Gasteiger partial charge < -0.3 is 10.2 Å². The smallest absolute Gasteiger partial charge is 0.0368 e. The molecule has 1 fully saturated rings. The molecular weight excluding hydrogens is 232 g/mol. The fraction of sp³-hybridized carbons (Fsp3) is 0.647. The number of anilines is 1. The summed E-state index contributed by atoms with van der Waals surface area (Å²) in [5, 5.41) is 3.23. The van der Waals surface area contributed by atoms with Gasteiger partial charge in [-0.3, -0.25) is 0 Å². The van der Waals surface area contributed by atoms with Crippen molar-refractivity contribution in [3.8, 4) is 0 Å². The largest absolute Gasteiger partial charge is 0.372 e. The first-order chi connectivity index (χ1) is 9.22. The molecule has 0 aromatic heterocycles. The lowest BCUT2D eigenvalue weighted by molar-refractivity contribution is 0.553. The minimum atomic E-state index is 0.733. The van der Waals surface area contributed by atoms with Gasteiger partial charge in [-0.25, -0.2) is 0 Å². The third kappa shape index (κ3) is 3.73. The molecule has 0 atom stereocenters. The van der Waals surface area contributed by atoms with E-state index < -0.39 is 0 Å². The Balaban J connectivity index is 2.09. The second-order valence-electron chi connectivity index (χ2n) is 5.90. The van der Waals surface area contributed by atoms with Crippen LogP contribution in [0.5, 0.6) is 0 Å². The molecule has 0 bridgehead atoms. The van der Waals surface area contributed by atoms with Crippen molar-refractivity contribution < 1.29 is 0 Å². The second kappa shape index (κ2) is 6.95. The van der Waals surface area contributed by atoms with Crippen molar-refractivity contribution in [2.24, 2.45) is 0 Å². The molecule has 1 saturated carbocycles. The molecule has 1 aliphatic carbocycles. The Kier molecular flexibility index (Phi) is 5.26. The van der Waals surface area contributed by atoms with Crippen LogP contribution in [0.2, 0.25) is 0 Å². The van der Waals surface area contributed by atoms with Gasteiger partial charge in [-0.1, -0.05) is 31.7 Å². The minimum Gasteiger partial charge on any atom is -0.372 e. The van der Waals surface area contributed by atoms with Crippen molar-refractivity contribution in [3.63, 3.8) is 0 Å². The van der Waals surface area contributed by atoms with Gasteiger partial charge in [0.15, 0.2) is 0 Å². The second-order valence-corrected chi connectivity index (χ2v) is 5.90. The Bertz CT molecular complexity index is 392. The lowest BCUT2D eigenvalue weighted by Crippen LogP contribution is -2.31. The summed E-state index contributed by atoms with van der Waals surface area (Å²) in [5.41, 5.74) is 4.18. The van der Waals surface area contributed by atoms with Gasteiger partial charge >= 0.3 is 0 Å². The Morgan fingerprint density at radius 1 is 1.16 bits per heavy atom. The van der Waals surface area contributed by atoms with E-state index in [2.05, 4.69) is 42.4 Å².